The maximum atomic E-state index is 13.7. The molecule has 2 aromatic rings. The van der Waals surface area contributed by atoms with Gasteiger partial charge in [0.2, 0.25) is 0 Å². The number of amides is 1. The summed E-state index contributed by atoms with van der Waals surface area (Å²) in [5.41, 5.74) is -0.697. The topological polar surface area (TPSA) is 56.1 Å². The summed E-state index contributed by atoms with van der Waals surface area (Å²) in [6.45, 7) is 1.63. The fourth-order valence-corrected chi connectivity index (χ4v) is 1.79. The summed E-state index contributed by atoms with van der Waals surface area (Å²) in [6.07, 6.45) is -4.19. The highest BCUT2D eigenvalue weighted by Crippen LogP contribution is 2.34. The molecule has 118 valence electrons. The van der Waals surface area contributed by atoms with Gasteiger partial charge in [0.15, 0.2) is 5.69 Å². The molecule has 0 aliphatic carbocycles. The standard InChI is InChI=1S/C13H11F4N3O2/c1-2-22-19-12(21)8-7-18-20(11(8)13(15,16)17)10-6-4-3-5-9(10)14/h3-7H,2H2,1H3,(H,19,21). The molecular formula is C13H11F4N3O2. The van der Waals surface area contributed by atoms with Crippen molar-refractivity contribution in [3.63, 3.8) is 0 Å². The first-order valence-corrected chi connectivity index (χ1v) is 6.18. The number of benzene rings is 1. The second-order valence-electron chi connectivity index (χ2n) is 4.13. The van der Waals surface area contributed by atoms with E-state index in [4.69, 9.17) is 0 Å². The first-order chi connectivity index (χ1) is 10.4. The molecule has 0 aliphatic heterocycles. The van der Waals surface area contributed by atoms with Gasteiger partial charge in [-0.25, -0.2) is 14.6 Å². The maximum absolute atomic E-state index is 13.7. The molecule has 1 N–H and O–H groups in total. The molecule has 0 aliphatic rings. The van der Waals surface area contributed by atoms with E-state index in [0.717, 1.165) is 12.1 Å². The molecule has 1 amide bonds. The SMILES string of the molecule is CCONC(=O)c1cnn(-c2ccccc2F)c1C(F)(F)F. The molecule has 9 heteroatoms. The van der Waals surface area contributed by atoms with Crippen molar-refractivity contribution in [2.45, 2.75) is 13.1 Å². The third kappa shape index (κ3) is 3.08. The molecule has 0 atom stereocenters. The largest absolute Gasteiger partial charge is 0.434 e. The Morgan fingerprint density at radius 1 is 1.36 bits per heavy atom. The van der Waals surface area contributed by atoms with E-state index >= 15 is 0 Å². The van der Waals surface area contributed by atoms with E-state index in [1.165, 1.54) is 12.1 Å². The van der Waals surface area contributed by atoms with Gasteiger partial charge in [-0.1, -0.05) is 12.1 Å². The fraction of sp³-hybridized carbons (Fsp3) is 0.231. The van der Waals surface area contributed by atoms with Gasteiger partial charge in [-0.3, -0.25) is 9.63 Å². The molecule has 2 rings (SSSR count). The lowest BCUT2D eigenvalue weighted by molar-refractivity contribution is -0.143. The zero-order valence-electron chi connectivity index (χ0n) is 11.3. The van der Waals surface area contributed by atoms with Gasteiger partial charge in [0.05, 0.1) is 18.4 Å². The number of halogens is 4. The molecule has 0 saturated carbocycles. The highest BCUT2D eigenvalue weighted by Gasteiger charge is 2.41. The van der Waals surface area contributed by atoms with Crippen molar-refractivity contribution in [2.75, 3.05) is 6.61 Å². The number of hydroxylamine groups is 1. The average molecular weight is 317 g/mol. The van der Waals surface area contributed by atoms with Crippen molar-refractivity contribution in [1.29, 1.82) is 0 Å². The van der Waals surface area contributed by atoms with E-state index in [0.29, 0.717) is 10.9 Å². The van der Waals surface area contributed by atoms with E-state index in [1.54, 1.807) is 6.92 Å². The fourth-order valence-electron chi connectivity index (χ4n) is 1.79. The van der Waals surface area contributed by atoms with Gasteiger partial charge >= 0.3 is 6.18 Å². The molecule has 1 aromatic heterocycles. The number of nitrogens with one attached hydrogen (secondary N) is 1. The Morgan fingerprint density at radius 2 is 2.05 bits per heavy atom. The van der Waals surface area contributed by atoms with Crippen LogP contribution in [0.15, 0.2) is 30.5 Å². The molecule has 0 bridgehead atoms. The Morgan fingerprint density at radius 3 is 2.64 bits per heavy atom. The van der Waals surface area contributed by atoms with Crippen LogP contribution in [-0.2, 0) is 11.0 Å². The Kier molecular flexibility index (Phi) is 4.45. The van der Waals surface area contributed by atoms with Crippen LogP contribution in [0.2, 0.25) is 0 Å². The summed E-state index contributed by atoms with van der Waals surface area (Å²) >= 11 is 0. The highest BCUT2D eigenvalue weighted by molar-refractivity contribution is 5.94. The number of nitrogens with zero attached hydrogens (tertiary/aromatic N) is 2. The molecule has 0 fully saturated rings. The summed E-state index contributed by atoms with van der Waals surface area (Å²) in [5, 5.41) is 3.48. The van der Waals surface area contributed by atoms with Crippen molar-refractivity contribution in [3.8, 4) is 5.69 Å². The molecule has 22 heavy (non-hydrogen) atoms. The second-order valence-corrected chi connectivity index (χ2v) is 4.13. The number of para-hydroxylation sites is 1. The number of carbonyl (C=O) groups is 1. The van der Waals surface area contributed by atoms with Crippen LogP contribution in [0.4, 0.5) is 17.6 Å². The first kappa shape index (κ1) is 16.0. The van der Waals surface area contributed by atoms with Crippen LogP contribution in [0.25, 0.3) is 5.69 Å². The zero-order chi connectivity index (χ0) is 16.3. The summed E-state index contributed by atoms with van der Waals surface area (Å²) in [5.74, 6) is -2.01. The Bertz CT molecular complexity index is 682. The molecule has 1 aromatic carbocycles. The van der Waals surface area contributed by atoms with Gasteiger partial charge in [-0.15, -0.1) is 0 Å². The van der Waals surface area contributed by atoms with Crippen LogP contribution >= 0.6 is 0 Å². The Hall–Kier alpha value is -2.42. The average Bonchev–Trinajstić information content (AvgIpc) is 2.90. The van der Waals surface area contributed by atoms with E-state index in [2.05, 4.69) is 9.94 Å². The van der Waals surface area contributed by atoms with Crippen LogP contribution in [0.5, 0.6) is 0 Å². The number of hydrogen-bond acceptors (Lipinski definition) is 3. The van der Waals surface area contributed by atoms with Crippen LogP contribution in [0, 0.1) is 5.82 Å². The van der Waals surface area contributed by atoms with Crippen molar-refractivity contribution in [3.05, 3.63) is 47.5 Å². The number of alkyl halides is 3. The Labute approximate surface area is 122 Å². The zero-order valence-corrected chi connectivity index (χ0v) is 11.3. The number of hydrogen-bond donors (Lipinski definition) is 1. The summed E-state index contributed by atoms with van der Waals surface area (Å²) in [4.78, 5) is 16.3. The summed E-state index contributed by atoms with van der Waals surface area (Å²) in [7, 11) is 0. The summed E-state index contributed by atoms with van der Waals surface area (Å²) < 4.78 is 53.8. The van der Waals surface area contributed by atoms with Crippen LogP contribution in [0.1, 0.15) is 23.0 Å². The first-order valence-electron chi connectivity index (χ1n) is 6.18. The van der Waals surface area contributed by atoms with Crippen LogP contribution in [0.3, 0.4) is 0 Å². The van der Waals surface area contributed by atoms with Crippen LogP contribution < -0.4 is 5.48 Å². The molecule has 0 unspecified atom stereocenters. The lowest BCUT2D eigenvalue weighted by atomic mass is 10.2. The highest BCUT2D eigenvalue weighted by atomic mass is 19.4. The summed E-state index contributed by atoms with van der Waals surface area (Å²) in [6, 6.07) is 4.82. The van der Waals surface area contributed by atoms with Gasteiger partial charge in [0.1, 0.15) is 11.5 Å². The normalized spacial score (nSPS) is 11.5. The van der Waals surface area contributed by atoms with Crippen molar-refractivity contribution in [2.24, 2.45) is 0 Å². The number of carbonyl (C=O) groups excluding carboxylic acids is 1. The van der Waals surface area contributed by atoms with E-state index < -0.39 is 34.8 Å². The second kappa shape index (κ2) is 6.14. The van der Waals surface area contributed by atoms with Crippen molar-refractivity contribution < 1.29 is 27.2 Å². The minimum absolute atomic E-state index is 0.0779. The van der Waals surface area contributed by atoms with E-state index in [1.807, 2.05) is 5.48 Å². The molecular weight excluding hydrogens is 306 g/mol. The molecule has 1 heterocycles. The van der Waals surface area contributed by atoms with Crippen LogP contribution in [-0.4, -0.2) is 22.3 Å². The van der Waals surface area contributed by atoms with E-state index in [-0.39, 0.29) is 6.61 Å². The molecule has 0 spiro atoms. The van der Waals surface area contributed by atoms with Gasteiger partial charge in [-0.2, -0.15) is 18.3 Å². The minimum atomic E-state index is -4.91. The van der Waals surface area contributed by atoms with Crippen molar-refractivity contribution in [1.82, 2.24) is 15.3 Å². The predicted molar refractivity (Wildman–Crippen MR) is 67.6 cm³/mol. The van der Waals surface area contributed by atoms with E-state index in [9.17, 15) is 22.4 Å². The molecule has 0 saturated heterocycles. The monoisotopic (exact) mass is 317 g/mol. The lowest BCUT2D eigenvalue weighted by Crippen LogP contribution is -2.27. The van der Waals surface area contributed by atoms with Crippen molar-refractivity contribution >= 4 is 5.91 Å². The third-order valence-electron chi connectivity index (χ3n) is 2.67. The lowest BCUT2D eigenvalue weighted by Gasteiger charge is -2.13. The quantitative estimate of drug-likeness (QED) is 0.697. The molecule has 5 nitrogen and oxygen atoms in total. The smallest absolute Gasteiger partial charge is 0.274 e. The van der Waals surface area contributed by atoms with Gasteiger partial charge < -0.3 is 0 Å². The maximum Gasteiger partial charge on any atom is 0.434 e. The van der Waals surface area contributed by atoms with Gasteiger partial charge in [-0.05, 0) is 19.1 Å². The predicted octanol–water partition coefficient (Wildman–Crippen LogP) is 2.71. The third-order valence-corrected chi connectivity index (χ3v) is 2.67. The van der Waals surface area contributed by atoms with Gasteiger partial charge in [0, 0.05) is 0 Å². The number of rotatable bonds is 4. The Balaban J connectivity index is 2.55. The number of aromatic nitrogens is 2. The minimum Gasteiger partial charge on any atom is -0.274 e. The molecule has 0 radical (unpaired) electrons. The van der Waals surface area contributed by atoms with Gasteiger partial charge in [0.25, 0.3) is 5.91 Å².